The summed E-state index contributed by atoms with van der Waals surface area (Å²) in [4.78, 5) is 98.8. The first-order chi connectivity index (χ1) is 48.2. The van der Waals surface area contributed by atoms with E-state index in [1.807, 2.05) is 145 Å². The smallest absolute Gasteiger partial charge is 0.462 e. The first-order valence-electron chi connectivity index (χ1n) is 32.5. The van der Waals surface area contributed by atoms with Crippen molar-refractivity contribution in [2.75, 3.05) is 13.2 Å². The Morgan fingerprint density at radius 3 is 0.775 bits per heavy atom. The number of hydrogen-bond acceptors (Lipinski definition) is 24. The normalized spacial score (nSPS) is 18.2. The Labute approximate surface area is 594 Å². The molecule has 12 rings (SSSR count). The molecule has 8 heterocycles. The van der Waals surface area contributed by atoms with Crippen LogP contribution in [0.15, 0.2) is 146 Å². The molecule has 4 aromatic heterocycles. The zero-order chi connectivity index (χ0) is 72.8. The Bertz CT molecular complexity index is 4070. The molecule has 8 aromatic rings. The van der Waals surface area contributed by atoms with Crippen LogP contribution in [0.4, 0.5) is 0 Å². The molecule has 530 valence electrons. The van der Waals surface area contributed by atoms with Crippen LogP contribution in [-0.4, -0.2) is 69.0 Å². The maximum Gasteiger partial charge on any atom is 0.534 e. The Balaban J connectivity index is 0.830. The van der Waals surface area contributed by atoms with Crippen LogP contribution in [0.2, 0.25) is 0 Å². The van der Waals surface area contributed by atoms with Gasteiger partial charge in [0.1, 0.15) is 58.5 Å². The van der Waals surface area contributed by atoms with Crippen LogP contribution < -0.4 is 36.2 Å². The van der Waals surface area contributed by atoms with Crippen LogP contribution in [0, 0.1) is 0 Å². The second kappa shape index (κ2) is 28.3. The van der Waals surface area contributed by atoms with Gasteiger partial charge in [0.15, 0.2) is 0 Å². The Hall–Kier alpha value is -9.58. The van der Waals surface area contributed by atoms with Crippen molar-refractivity contribution in [1.82, 2.24) is 19.9 Å². The van der Waals surface area contributed by atoms with E-state index in [-0.39, 0.29) is 71.8 Å². The van der Waals surface area contributed by atoms with E-state index in [1.165, 1.54) is 24.8 Å². The molecule has 4 aliphatic rings. The van der Waals surface area contributed by atoms with E-state index < -0.39 is 103 Å². The van der Waals surface area contributed by atoms with Crippen LogP contribution in [-0.2, 0) is 69.6 Å². The monoisotopic (exact) mass is 1460 g/mol. The molecule has 0 amide bonds. The highest BCUT2D eigenvalue weighted by Crippen LogP contribution is 2.55. The minimum absolute atomic E-state index is 0.0843. The number of aromatic nitrogens is 4. The minimum atomic E-state index is -2.28. The van der Waals surface area contributed by atoms with Crippen LogP contribution in [0.1, 0.15) is 196 Å². The lowest BCUT2D eigenvalue weighted by molar-refractivity contribution is -0.153. The van der Waals surface area contributed by atoms with Gasteiger partial charge in [-0.2, -0.15) is 0 Å². The highest BCUT2D eigenvalue weighted by Gasteiger charge is 2.43. The fraction of sp³-hybridized carbons (Fsp3) is 0.324. The predicted octanol–water partition coefficient (Wildman–Crippen LogP) is 17.1. The van der Waals surface area contributed by atoms with Crippen LogP contribution in [0.5, 0.6) is 46.5 Å². The summed E-state index contributed by atoms with van der Waals surface area (Å²) in [5.41, 5.74) is 1.28. The third kappa shape index (κ3) is 15.6. The van der Waals surface area contributed by atoms with Gasteiger partial charge < -0.3 is 63.8 Å². The second-order valence-electron chi connectivity index (χ2n) is 28.9. The molecule has 0 spiro atoms. The second-order valence-corrected chi connectivity index (χ2v) is 32.8. The van der Waals surface area contributed by atoms with Crippen molar-refractivity contribution in [1.29, 1.82) is 0 Å². The highest BCUT2D eigenvalue weighted by molar-refractivity contribution is 7.44. The molecule has 28 heteroatoms. The van der Waals surface area contributed by atoms with Crippen molar-refractivity contribution in [3.8, 4) is 46.5 Å². The summed E-state index contributed by atoms with van der Waals surface area (Å²) >= 11 is 0. The van der Waals surface area contributed by atoms with Crippen LogP contribution >= 0.6 is 34.4 Å². The summed E-state index contributed by atoms with van der Waals surface area (Å²) in [6.45, 7) is 27.1. The summed E-state index contributed by atoms with van der Waals surface area (Å²) in [6, 6.07) is 34.7. The molecule has 4 aliphatic heterocycles. The number of carbonyl (C=O) groups is 6. The molecule has 4 unspecified atom stereocenters. The third-order valence-corrected chi connectivity index (χ3v) is 21.2. The number of ether oxygens (including phenoxy) is 2. The standard InChI is InChI=1S/C74H74N4O20P4/c1-69(2,3)51-37-43(23-27-55(51)87-99-91-61-47(65(81)95-99)19-15-31-75-61)73(13,44-24-28-56(52(38-44)70(4,5)6)88-100-92-62-48(66(82)96-100)20-16-32-76-62)41-59(79)85-35-36-86-60(80)42-74(14,45-25-29-57(53(39-45)71(7,8)9)89-101-93-63-49(67(83)97-101)21-17-33-77-63)46-26-30-58(54(40-46)72(10,11)12)90-102-94-64-50(68(84)98-102)22-18-34-78-64/h15-34,37-40H,35-36,41-42H2,1-14H3. The Morgan fingerprint density at radius 1 is 0.333 bits per heavy atom. The number of benzene rings is 4. The Morgan fingerprint density at radius 2 is 0.559 bits per heavy atom. The van der Waals surface area contributed by atoms with Crippen molar-refractivity contribution >= 4 is 70.2 Å². The lowest BCUT2D eigenvalue weighted by atomic mass is 9.70. The maximum atomic E-state index is 14.8. The molecule has 0 N–H and O–H groups in total. The van der Waals surface area contributed by atoms with E-state index in [9.17, 15) is 28.8 Å². The quantitative estimate of drug-likeness (QED) is 0.0413. The molecule has 0 fully saturated rings. The van der Waals surface area contributed by atoms with E-state index in [4.69, 9.17) is 63.8 Å². The van der Waals surface area contributed by atoms with Gasteiger partial charge in [-0.15, -0.1) is 0 Å². The van der Waals surface area contributed by atoms with E-state index in [0.29, 0.717) is 67.5 Å². The van der Waals surface area contributed by atoms with Crippen LogP contribution in [0.3, 0.4) is 0 Å². The fourth-order valence-corrected chi connectivity index (χ4v) is 15.5. The van der Waals surface area contributed by atoms with Gasteiger partial charge in [0.25, 0.3) is 0 Å². The van der Waals surface area contributed by atoms with Crippen molar-refractivity contribution in [3.05, 3.63) is 213 Å². The number of pyridine rings is 4. The number of esters is 2. The van der Waals surface area contributed by atoms with E-state index in [2.05, 4.69) is 19.9 Å². The highest BCUT2D eigenvalue weighted by atomic mass is 31.2. The summed E-state index contributed by atoms with van der Waals surface area (Å²) < 4.78 is 83.9. The lowest BCUT2D eigenvalue weighted by Crippen LogP contribution is -2.31. The molecule has 0 saturated heterocycles. The molecular weight excluding hydrogens is 1390 g/mol. The van der Waals surface area contributed by atoms with E-state index >= 15 is 0 Å². The van der Waals surface area contributed by atoms with E-state index in [1.54, 1.807) is 72.8 Å². The Kier molecular flexibility index (Phi) is 20.1. The average molecular weight is 1460 g/mol. The number of fused-ring (bicyclic) bond motifs is 4. The van der Waals surface area contributed by atoms with Crippen LogP contribution in [0.25, 0.3) is 0 Å². The van der Waals surface area contributed by atoms with E-state index in [0.717, 1.165) is 0 Å². The molecular formula is C74H74N4O20P4. The summed E-state index contributed by atoms with van der Waals surface area (Å²) in [7, 11) is -9.13. The molecule has 0 bridgehead atoms. The summed E-state index contributed by atoms with van der Waals surface area (Å²) in [5, 5.41) is 0. The zero-order valence-corrected chi connectivity index (χ0v) is 62.0. The first-order valence-corrected chi connectivity index (χ1v) is 36.8. The van der Waals surface area contributed by atoms with Crippen molar-refractivity contribution in [2.24, 2.45) is 0 Å². The number of nitrogens with zero attached hydrogens (tertiary/aromatic N) is 4. The first kappa shape index (κ1) is 72.2. The topological polar surface area (TPSA) is 283 Å². The number of carbonyl (C=O) groups excluding carboxylic acids is 6. The minimum Gasteiger partial charge on any atom is -0.462 e. The molecule has 0 saturated carbocycles. The van der Waals surface area contributed by atoms with Crippen molar-refractivity contribution in [2.45, 2.75) is 142 Å². The van der Waals surface area contributed by atoms with Gasteiger partial charge in [0, 0.05) is 57.9 Å². The largest absolute Gasteiger partial charge is 0.534 e. The molecule has 102 heavy (non-hydrogen) atoms. The van der Waals surface area contributed by atoms with Gasteiger partial charge in [-0.05, 0) is 117 Å². The number of hydrogen-bond donors (Lipinski definition) is 0. The third-order valence-electron chi connectivity index (χ3n) is 17.2. The number of rotatable bonds is 19. The van der Waals surface area contributed by atoms with Gasteiger partial charge in [-0.25, -0.2) is 39.1 Å². The lowest BCUT2D eigenvalue weighted by Gasteiger charge is -2.35. The van der Waals surface area contributed by atoms with Gasteiger partial charge in [-0.3, -0.25) is 9.59 Å². The SMILES string of the molecule is CC(C)(C)c1cc(C(C)(CC(=O)OCCOC(=O)CC(C)(c2ccc(OP3OC(=O)c4cccnc4O3)c(C(C)(C)C)c2)c2ccc(OP3OC(=O)c4cccnc4O3)c(C(C)(C)C)c2)c2ccc(OP3OC(=O)c4cccnc4O3)c(C(C)(C)C)c2)ccc1OP1OC(=O)c2cccnc2O1. The van der Waals surface area contributed by atoms with Gasteiger partial charge in [0.2, 0.25) is 23.5 Å². The molecule has 24 nitrogen and oxygen atoms in total. The average Bonchev–Trinajstić information content (AvgIpc) is 0.757. The van der Waals surface area contributed by atoms with Crippen molar-refractivity contribution < 1.29 is 92.5 Å². The maximum absolute atomic E-state index is 14.8. The molecule has 4 aromatic carbocycles. The summed E-state index contributed by atoms with van der Waals surface area (Å²) in [5.74, 6) is -2.05. The fourth-order valence-electron chi connectivity index (χ4n) is 11.7. The van der Waals surface area contributed by atoms with Crippen molar-refractivity contribution in [3.63, 3.8) is 0 Å². The molecule has 4 atom stereocenters. The van der Waals surface area contributed by atoms with Gasteiger partial charge >= 0.3 is 70.2 Å². The van der Waals surface area contributed by atoms with Gasteiger partial charge in [0.05, 0.1) is 12.8 Å². The van der Waals surface area contributed by atoms with Gasteiger partial charge in [-0.1, -0.05) is 145 Å². The zero-order valence-electron chi connectivity index (χ0n) is 58.4. The molecule has 0 radical (unpaired) electrons. The molecule has 0 aliphatic carbocycles. The summed E-state index contributed by atoms with van der Waals surface area (Å²) in [6.07, 6.45) is 5.53. The predicted molar refractivity (Wildman–Crippen MR) is 376 cm³/mol.